The van der Waals surface area contributed by atoms with Crippen LogP contribution in [0.3, 0.4) is 0 Å². The average Bonchev–Trinajstić information content (AvgIpc) is 2.41. The summed E-state index contributed by atoms with van der Waals surface area (Å²) in [6.45, 7) is 8.02. The van der Waals surface area contributed by atoms with Crippen LogP contribution in [0, 0.1) is 18.3 Å². The summed E-state index contributed by atoms with van der Waals surface area (Å²) in [4.78, 5) is 25.9. The molecule has 0 saturated carbocycles. The van der Waals surface area contributed by atoms with Crippen LogP contribution in [0.5, 0.6) is 0 Å². The van der Waals surface area contributed by atoms with Crippen molar-refractivity contribution in [2.75, 3.05) is 6.54 Å². The predicted molar refractivity (Wildman–Crippen MR) is 70.6 cm³/mol. The van der Waals surface area contributed by atoms with E-state index in [1.54, 1.807) is 11.8 Å². The maximum Gasteiger partial charge on any atom is 0.249 e. The van der Waals surface area contributed by atoms with Crippen molar-refractivity contribution in [2.45, 2.75) is 52.1 Å². The van der Waals surface area contributed by atoms with Crippen molar-refractivity contribution in [3.63, 3.8) is 0 Å². The molecule has 0 radical (unpaired) electrons. The molecule has 1 fully saturated rings. The lowest BCUT2D eigenvalue weighted by molar-refractivity contribution is -0.140. The second-order valence-electron chi connectivity index (χ2n) is 5.34. The van der Waals surface area contributed by atoms with E-state index in [0.29, 0.717) is 19.4 Å². The first-order valence-corrected chi connectivity index (χ1v) is 6.44. The molecule has 0 aromatic carbocycles. The molecule has 4 nitrogen and oxygen atoms in total. The molecule has 18 heavy (non-hydrogen) atoms. The molecule has 0 aliphatic carbocycles. The smallest absolute Gasteiger partial charge is 0.249 e. The molecule has 1 N–H and O–H groups in total. The van der Waals surface area contributed by atoms with Gasteiger partial charge in [0.1, 0.15) is 5.54 Å². The van der Waals surface area contributed by atoms with Gasteiger partial charge in [0.05, 0.1) is 6.04 Å². The second kappa shape index (κ2) is 5.43. The van der Waals surface area contributed by atoms with Crippen LogP contribution < -0.4 is 5.32 Å². The van der Waals surface area contributed by atoms with Gasteiger partial charge >= 0.3 is 0 Å². The Bertz CT molecular complexity index is 384. The third kappa shape index (κ3) is 2.66. The monoisotopic (exact) mass is 250 g/mol. The number of carbonyl (C=O) groups excluding carboxylic acids is 2. The summed E-state index contributed by atoms with van der Waals surface area (Å²) < 4.78 is 0. The number of carbonyl (C=O) groups is 2. The van der Waals surface area contributed by atoms with Gasteiger partial charge in [0.15, 0.2) is 0 Å². The van der Waals surface area contributed by atoms with Gasteiger partial charge in [-0.25, -0.2) is 0 Å². The maximum atomic E-state index is 12.6. The van der Waals surface area contributed by atoms with Crippen molar-refractivity contribution in [1.29, 1.82) is 0 Å². The molecule has 1 aliphatic heterocycles. The summed E-state index contributed by atoms with van der Waals surface area (Å²) in [7, 11) is 0. The third-order valence-corrected chi connectivity index (χ3v) is 3.57. The van der Waals surface area contributed by atoms with Crippen LogP contribution in [0.1, 0.15) is 40.5 Å². The number of rotatable bonds is 3. The molecule has 2 amide bonds. The Morgan fingerprint density at radius 1 is 1.50 bits per heavy atom. The Balaban J connectivity index is 3.09. The summed E-state index contributed by atoms with van der Waals surface area (Å²) in [5, 5.41) is 2.80. The summed E-state index contributed by atoms with van der Waals surface area (Å²) in [5.74, 6) is 2.68. The van der Waals surface area contributed by atoms with Crippen molar-refractivity contribution >= 4 is 11.8 Å². The number of nitrogens with one attached hydrogen (secondary N) is 1. The van der Waals surface area contributed by atoms with Crippen LogP contribution in [0.4, 0.5) is 0 Å². The van der Waals surface area contributed by atoms with Gasteiger partial charge in [-0.15, -0.1) is 6.42 Å². The third-order valence-electron chi connectivity index (χ3n) is 3.57. The van der Waals surface area contributed by atoms with E-state index in [0.717, 1.165) is 0 Å². The SMILES string of the molecule is C#CC(C(C)C)N1CCC(=O)NC(C)(CC)C1=O. The van der Waals surface area contributed by atoms with E-state index >= 15 is 0 Å². The molecule has 1 rings (SSSR count). The zero-order valence-electron chi connectivity index (χ0n) is 11.6. The molecular formula is C14H22N2O2. The number of terminal acetylenes is 1. The normalized spacial score (nSPS) is 26.6. The highest BCUT2D eigenvalue weighted by molar-refractivity contribution is 5.93. The molecule has 100 valence electrons. The molecule has 0 aromatic heterocycles. The molecular weight excluding hydrogens is 228 g/mol. The van der Waals surface area contributed by atoms with E-state index in [1.165, 1.54) is 0 Å². The Labute approximate surface area is 109 Å². The van der Waals surface area contributed by atoms with Crippen LogP contribution in [0.25, 0.3) is 0 Å². The summed E-state index contributed by atoms with van der Waals surface area (Å²) in [6, 6.07) is -0.254. The van der Waals surface area contributed by atoms with Gasteiger partial charge in [-0.3, -0.25) is 9.59 Å². The molecule has 4 heteroatoms. The highest BCUT2D eigenvalue weighted by Gasteiger charge is 2.41. The van der Waals surface area contributed by atoms with Gasteiger partial charge in [-0.05, 0) is 19.3 Å². The van der Waals surface area contributed by atoms with E-state index in [2.05, 4.69) is 11.2 Å². The predicted octanol–water partition coefficient (Wildman–Crippen LogP) is 1.16. The van der Waals surface area contributed by atoms with Crippen LogP contribution in [-0.4, -0.2) is 34.8 Å². The van der Waals surface area contributed by atoms with Crippen LogP contribution in [-0.2, 0) is 9.59 Å². The average molecular weight is 250 g/mol. The van der Waals surface area contributed by atoms with Gasteiger partial charge in [0.25, 0.3) is 0 Å². The molecule has 2 unspecified atom stereocenters. The van der Waals surface area contributed by atoms with E-state index in [9.17, 15) is 9.59 Å². The molecule has 0 spiro atoms. The fourth-order valence-corrected chi connectivity index (χ4v) is 2.21. The van der Waals surface area contributed by atoms with Gasteiger partial charge in [-0.2, -0.15) is 0 Å². The zero-order valence-corrected chi connectivity index (χ0v) is 11.6. The highest BCUT2D eigenvalue weighted by atomic mass is 16.2. The Hall–Kier alpha value is -1.50. The topological polar surface area (TPSA) is 49.4 Å². The molecule has 1 heterocycles. The van der Waals surface area contributed by atoms with E-state index in [-0.39, 0.29) is 23.8 Å². The van der Waals surface area contributed by atoms with Crippen LogP contribution in [0.15, 0.2) is 0 Å². The van der Waals surface area contributed by atoms with Crippen molar-refractivity contribution in [3.05, 3.63) is 0 Å². The first kappa shape index (κ1) is 14.6. The number of amides is 2. The molecule has 1 aliphatic rings. The van der Waals surface area contributed by atoms with Crippen molar-refractivity contribution in [1.82, 2.24) is 10.2 Å². The quantitative estimate of drug-likeness (QED) is 0.764. The molecule has 0 aromatic rings. The minimum absolute atomic E-state index is 0.0764. The zero-order chi connectivity index (χ0) is 13.9. The van der Waals surface area contributed by atoms with Crippen molar-refractivity contribution < 1.29 is 9.59 Å². The van der Waals surface area contributed by atoms with Crippen molar-refractivity contribution in [2.24, 2.45) is 5.92 Å². The van der Waals surface area contributed by atoms with E-state index in [4.69, 9.17) is 6.42 Å². The Morgan fingerprint density at radius 3 is 2.56 bits per heavy atom. The summed E-state index contributed by atoms with van der Waals surface area (Å²) in [5.41, 5.74) is -0.836. The minimum atomic E-state index is -0.836. The first-order chi connectivity index (χ1) is 8.35. The van der Waals surface area contributed by atoms with E-state index in [1.807, 2.05) is 20.8 Å². The van der Waals surface area contributed by atoms with Gasteiger partial charge in [0.2, 0.25) is 11.8 Å². The molecule has 0 bridgehead atoms. The maximum absolute atomic E-state index is 12.6. The summed E-state index contributed by atoms with van der Waals surface area (Å²) in [6.07, 6.45) is 6.40. The fraction of sp³-hybridized carbons (Fsp3) is 0.714. The first-order valence-electron chi connectivity index (χ1n) is 6.44. The van der Waals surface area contributed by atoms with Crippen molar-refractivity contribution in [3.8, 4) is 12.3 Å². The lowest BCUT2D eigenvalue weighted by Crippen LogP contribution is -2.57. The number of hydrogen-bond donors (Lipinski definition) is 1. The van der Waals surface area contributed by atoms with E-state index < -0.39 is 5.54 Å². The lowest BCUT2D eigenvalue weighted by atomic mass is 9.94. The van der Waals surface area contributed by atoms with Crippen LogP contribution in [0.2, 0.25) is 0 Å². The fourth-order valence-electron chi connectivity index (χ4n) is 2.21. The second-order valence-corrected chi connectivity index (χ2v) is 5.34. The Kier molecular flexibility index (Phi) is 4.39. The standard InChI is InChI=1S/C14H22N2O2/c1-6-11(10(3)4)16-9-8-12(17)15-14(5,7-2)13(16)18/h1,10-11H,7-9H2,2-5H3,(H,15,17). The molecule has 1 saturated heterocycles. The highest BCUT2D eigenvalue weighted by Crippen LogP contribution is 2.22. The summed E-state index contributed by atoms with van der Waals surface area (Å²) >= 11 is 0. The number of hydrogen-bond acceptors (Lipinski definition) is 2. The molecule has 2 atom stereocenters. The van der Waals surface area contributed by atoms with Gasteiger partial charge in [-0.1, -0.05) is 26.7 Å². The minimum Gasteiger partial charge on any atom is -0.342 e. The number of nitrogens with zero attached hydrogens (tertiary/aromatic N) is 1. The van der Waals surface area contributed by atoms with Gasteiger partial charge < -0.3 is 10.2 Å². The Morgan fingerprint density at radius 2 is 2.11 bits per heavy atom. The largest absolute Gasteiger partial charge is 0.342 e. The lowest BCUT2D eigenvalue weighted by Gasteiger charge is -2.35. The van der Waals surface area contributed by atoms with Crippen LogP contribution >= 0.6 is 0 Å². The van der Waals surface area contributed by atoms with Gasteiger partial charge in [0, 0.05) is 13.0 Å².